The Kier molecular flexibility index (Phi) is 3.78. The molecule has 1 N–H and O–H groups in total. The summed E-state index contributed by atoms with van der Waals surface area (Å²) in [5.41, 5.74) is 0.956. The van der Waals surface area contributed by atoms with E-state index in [0.29, 0.717) is 18.4 Å². The molecule has 0 aliphatic carbocycles. The third-order valence-electron chi connectivity index (χ3n) is 2.93. The minimum absolute atomic E-state index is 0.489. The zero-order valence-corrected chi connectivity index (χ0v) is 10.6. The van der Waals surface area contributed by atoms with E-state index >= 15 is 0 Å². The van der Waals surface area contributed by atoms with Crippen molar-refractivity contribution in [1.82, 2.24) is 9.97 Å². The third kappa shape index (κ3) is 2.85. The highest BCUT2D eigenvalue weighted by Gasteiger charge is 2.17. The number of nitrogens with one attached hydrogen (secondary N) is 1. The predicted molar refractivity (Wildman–Crippen MR) is 65.5 cm³/mol. The maximum absolute atomic E-state index is 5.77. The number of aryl methyl sites for hydroxylation is 1. The van der Waals surface area contributed by atoms with Crippen molar-refractivity contribution in [2.45, 2.75) is 20.3 Å². The van der Waals surface area contributed by atoms with Crippen LogP contribution in [0.2, 0.25) is 0 Å². The molecule has 0 saturated carbocycles. The monoisotopic (exact) mass is 237 g/mol. The van der Waals surface area contributed by atoms with E-state index < -0.39 is 0 Å². The first-order valence-electron chi connectivity index (χ1n) is 5.94. The summed E-state index contributed by atoms with van der Waals surface area (Å²) in [5, 5.41) is 3.05. The molecule has 17 heavy (non-hydrogen) atoms. The van der Waals surface area contributed by atoms with Gasteiger partial charge in [0, 0.05) is 19.6 Å². The molecule has 1 aliphatic heterocycles. The van der Waals surface area contributed by atoms with Crippen LogP contribution in [0.5, 0.6) is 5.88 Å². The number of hydrogen-bond donors (Lipinski definition) is 1. The van der Waals surface area contributed by atoms with Gasteiger partial charge < -0.3 is 14.8 Å². The quantitative estimate of drug-likeness (QED) is 0.861. The zero-order valence-electron chi connectivity index (χ0n) is 10.6. The van der Waals surface area contributed by atoms with Gasteiger partial charge in [0.15, 0.2) is 0 Å². The molecule has 0 radical (unpaired) electrons. The molecule has 0 spiro atoms. The molecule has 0 aromatic carbocycles. The highest BCUT2D eigenvalue weighted by molar-refractivity contribution is 5.47. The molecule has 0 amide bonds. The van der Waals surface area contributed by atoms with E-state index in [-0.39, 0.29) is 0 Å². The highest BCUT2D eigenvalue weighted by atomic mass is 16.5. The number of aromatic nitrogens is 2. The fraction of sp³-hybridized carbons (Fsp3) is 0.667. The van der Waals surface area contributed by atoms with Crippen molar-refractivity contribution in [1.29, 1.82) is 0 Å². The van der Waals surface area contributed by atoms with E-state index in [2.05, 4.69) is 15.3 Å². The van der Waals surface area contributed by atoms with Crippen LogP contribution in [0.4, 0.5) is 5.82 Å². The van der Waals surface area contributed by atoms with Crippen LogP contribution in [0, 0.1) is 19.8 Å². The number of anilines is 1. The molecule has 2 rings (SSSR count). The Morgan fingerprint density at radius 3 is 2.88 bits per heavy atom. The lowest BCUT2D eigenvalue weighted by atomic mass is 10.1. The molecular formula is C12H19N3O2. The van der Waals surface area contributed by atoms with Crippen LogP contribution in [0.15, 0.2) is 0 Å². The van der Waals surface area contributed by atoms with Crippen LogP contribution >= 0.6 is 0 Å². The minimum atomic E-state index is 0.489. The maximum Gasteiger partial charge on any atom is 0.221 e. The van der Waals surface area contributed by atoms with Crippen molar-refractivity contribution in [2.75, 3.05) is 32.2 Å². The molecule has 1 unspecified atom stereocenters. The fourth-order valence-corrected chi connectivity index (χ4v) is 1.90. The molecule has 1 saturated heterocycles. The lowest BCUT2D eigenvalue weighted by Gasteiger charge is -2.13. The summed E-state index contributed by atoms with van der Waals surface area (Å²) in [6.07, 6.45) is 1.07. The van der Waals surface area contributed by atoms with Gasteiger partial charge in [-0.15, -0.1) is 0 Å². The molecule has 94 valence electrons. The predicted octanol–water partition coefficient (Wildman–Crippen LogP) is 1.55. The van der Waals surface area contributed by atoms with Crippen LogP contribution in [0.1, 0.15) is 17.8 Å². The molecule has 1 atom stereocenters. The summed E-state index contributed by atoms with van der Waals surface area (Å²) in [6, 6.07) is 0. The van der Waals surface area contributed by atoms with Gasteiger partial charge in [-0.1, -0.05) is 0 Å². The van der Waals surface area contributed by atoms with E-state index in [0.717, 1.165) is 36.8 Å². The molecule has 1 aliphatic rings. The van der Waals surface area contributed by atoms with Crippen molar-refractivity contribution in [2.24, 2.45) is 5.92 Å². The van der Waals surface area contributed by atoms with Crippen LogP contribution in [-0.2, 0) is 4.74 Å². The average Bonchev–Trinajstić information content (AvgIpc) is 2.82. The standard InChI is InChI=1S/C12H19N3O2/c1-8-11(13-3)14-9(2)15-12(8)17-7-10-4-5-16-6-10/h10H,4-7H2,1-3H3,(H,13,14,15). The largest absolute Gasteiger partial charge is 0.477 e. The van der Waals surface area contributed by atoms with E-state index in [1.807, 2.05) is 20.9 Å². The molecule has 5 heteroatoms. The summed E-state index contributed by atoms with van der Waals surface area (Å²) < 4.78 is 11.1. The van der Waals surface area contributed by atoms with Crippen LogP contribution in [0.25, 0.3) is 0 Å². The van der Waals surface area contributed by atoms with Gasteiger partial charge in [-0.25, -0.2) is 4.98 Å². The summed E-state index contributed by atoms with van der Waals surface area (Å²) >= 11 is 0. The molecule has 1 aromatic rings. The van der Waals surface area contributed by atoms with Crippen LogP contribution < -0.4 is 10.1 Å². The Bertz CT molecular complexity index is 390. The first-order valence-corrected chi connectivity index (χ1v) is 5.94. The van der Waals surface area contributed by atoms with Gasteiger partial charge in [-0.05, 0) is 20.3 Å². The lowest BCUT2D eigenvalue weighted by molar-refractivity contribution is 0.165. The molecule has 1 aromatic heterocycles. The van der Waals surface area contributed by atoms with Crippen molar-refractivity contribution in [3.63, 3.8) is 0 Å². The highest BCUT2D eigenvalue weighted by Crippen LogP contribution is 2.23. The maximum atomic E-state index is 5.77. The van der Waals surface area contributed by atoms with E-state index in [4.69, 9.17) is 9.47 Å². The number of rotatable bonds is 4. The third-order valence-corrected chi connectivity index (χ3v) is 2.93. The number of nitrogens with zero attached hydrogens (tertiary/aromatic N) is 2. The number of ether oxygens (including phenoxy) is 2. The smallest absolute Gasteiger partial charge is 0.221 e. The van der Waals surface area contributed by atoms with Gasteiger partial charge in [0.1, 0.15) is 11.6 Å². The first-order chi connectivity index (χ1) is 8.20. The topological polar surface area (TPSA) is 56.3 Å². The first kappa shape index (κ1) is 12.1. The minimum Gasteiger partial charge on any atom is -0.477 e. The van der Waals surface area contributed by atoms with Gasteiger partial charge in [0.05, 0.1) is 18.8 Å². The van der Waals surface area contributed by atoms with E-state index in [1.165, 1.54) is 0 Å². The van der Waals surface area contributed by atoms with Gasteiger partial charge >= 0.3 is 0 Å². The second kappa shape index (κ2) is 5.31. The second-order valence-corrected chi connectivity index (χ2v) is 4.34. The van der Waals surface area contributed by atoms with Gasteiger partial charge in [-0.3, -0.25) is 0 Å². The van der Waals surface area contributed by atoms with Gasteiger partial charge in [0.25, 0.3) is 0 Å². The molecule has 0 bridgehead atoms. The van der Waals surface area contributed by atoms with Gasteiger partial charge in [0.2, 0.25) is 5.88 Å². The van der Waals surface area contributed by atoms with Crippen molar-refractivity contribution in [3.05, 3.63) is 11.4 Å². The SMILES string of the molecule is CNc1nc(C)nc(OCC2CCOC2)c1C. The number of hydrogen-bond acceptors (Lipinski definition) is 5. The van der Waals surface area contributed by atoms with E-state index in [9.17, 15) is 0 Å². The van der Waals surface area contributed by atoms with Crippen molar-refractivity contribution < 1.29 is 9.47 Å². The summed E-state index contributed by atoms with van der Waals surface area (Å²) in [5.74, 6) is 2.71. The Balaban J connectivity index is 2.06. The average molecular weight is 237 g/mol. The normalized spacial score (nSPS) is 19.4. The Hall–Kier alpha value is -1.36. The Morgan fingerprint density at radius 2 is 2.24 bits per heavy atom. The summed E-state index contributed by atoms with van der Waals surface area (Å²) in [7, 11) is 1.85. The van der Waals surface area contributed by atoms with Gasteiger partial charge in [-0.2, -0.15) is 4.98 Å². The molecule has 1 fully saturated rings. The zero-order chi connectivity index (χ0) is 12.3. The van der Waals surface area contributed by atoms with Crippen LogP contribution in [-0.4, -0.2) is 36.8 Å². The van der Waals surface area contributed by atoms with Crippen LogP contribution in [0.3, 0.4) is 0 Å². The molecular weight excluding hydrogens is 218 g/mol. The lowest BCUT2D eigenvalue weighted by Crippen LogP contribution is -2.14. The Labute approximate surface area is 102 Å². The summed E-state index contributed by atoms with van der Waals surface area (Å²) in [6.45, 7) is 6.14. The van der Waals surface area contributed by atoms with Crippen molar-refractivity contribution >= 4 is 5.82 Å². The second-order valence-electron chi connectivity index (χ2n) is 4.34. The molecule has 5 nitrogen and oxygen atoms in total. The Morgan fingerprint density at radius 1 is 1.41 bits per heavy atom. The fourth-order valence-electron chi connectivity index (χ4n) is 1.90. The van der Waals surface area contributed by atoms with E-state index in [1.54, 1.807) is 0 Å². The summed E-state index contributed by atoms with van der Waals surface area (Å²) in [4.78, 5) is 8.63. The molecule has 2 heterocycles. The van der Waals surface area contributed by atoms with Crippen molar-refractivity contribution in [3.8, 4) is 5.88 Å².